The largest absolute Gasteiger partial charge is 0.356 e. The molecule has 0 atom stereocenters. The minimum absolute atomic E-state index is 0.312. The van der Waals surface area contributed by atoms with Crippen LogP contribution in [0.5, 0.6) is 0 Å². The number of guanidine groups is 1. The van der Waals surface area contributed by atoms with Gasteiger partial charge in [0, 0.05) is 28.5 Å². The fraction of sp³-hybridized carbons (Fsp3) is 0.217. The van der Waals surface area contributed by atoms with Gasteiger partial charge in [0.2, 0.25) is 11.9 Å². The van der Waals surface area contributed by atoms with E-state index in [0.29, 0.717) is 23.1 Å². The molecule has 0 bridgehead atoms. The van der Waals surface area contributed by atoms with Gasteiger partial charge in [-0.1, -0.05) is 18.2 Å². The summed E-state index contributed by atoms with van der Waals surface area (Å²) in [7, 11) is 0. The first-order chi connectivity index (χ1) is 15.0. The molecule has 1 fully saturated rings. The second-order valence-corrected chi connectivity index (χ2v) is 7.86. The van der Waals surface area contributed by atoms with Crippen LogP contribution in [-0.4, -0.2) is 27.1 Å². The average Bonchev–Trinajstić information content (AvgIpc) is 3.53. The monoisotopic (exact) mass is 431 g/mol. The number of thiocarbonyl (C=S) groups is 1. The van der Waals surface area contributed by atoms with Crippen LogP contribution in [-0.2, 0) is 0 Å². The molecule has 1 saturated carbocycles. The fourth-order valence-electron chi connectivity index (χ4n) is 2.96. The summed E-state index contributed by atoms with van der Waals surface area (Å²) in [5, 5.41) is 13.3. The second kappa shape index (κ2) is 9.53. The minimum Gasteiger partial charge on any atom is -0.356 e. The Labute approximate surface area is 187 Å². The van der Waals surface area contributed by atoms with Crippen LogP contribution in [0.4, 0.5) is 23.0 Å². The third kappa shape index (κ3) is 6.48. The van der Waals surface area contributed by atoms with Crippen LogP contribution in [0.3, 0.4) is 0 Å². The van der Waals surface area contributed by atoms with Crippen molar-refractivity contribution in [3.05, 3.63) is 72.1 Å². The van der Waals surface area contributed by atoms with Crippen molar-refractivity contribution in [2.45, 2.75) is 32.7 Å². The molecule has 158 valence electrons. The Kier molecular flexibility index (Phi) is 6.37. The van der Waals surface area contributed by atoms with Crippen molar-refractivity contribution in [1.82, 2.24) is 15.3 Å². The lowest BCUT2D eigenvalue weighted by Gasteiger charge is -2.14. The summed E-state index contributed by atoms with van der Waals surface area (Å²) < 4.78 is 0. The fourth-order valence-corrected chi connectivity index (χ4v) is 3.18. The van der Waals surface area contributed by atoms with Crippen LogP contribution in [0.1, 0.15) is 24.2 Å². The maximum atomic E-state index is 5.49. The molecule has 0 saturated heterocycles. The highest BCUT2D eigenvalue weighted by Gasteiger charge is 2.22. The molecule has 4 rings (SSSR count). The Morgan fingerprint density at radius 3 is 2.13 bits per heavy atom. The summed E-state index contributed by atoms with van der Waals surface area (Å²) in [6, 6.07) is 20.2. The number of rotatable bonds is 5. The van der Waals surface area contributed by atoms with E-state index in [0.717, 1.165) is 41.3 Å². The topological polar surface area (TPSA) is 86.3 Å². The number of hydrogen-bond donors (Lipinski definition) is 4. The maximum Gasteiger partial charge on any atom is 0.229 e. The first-order valence-electron chi connectivity index (χ1n) is 10.2. The molecular weight excluding hydrogens is 406 g/mol. The van der Waals surface area contributed by atoms with Crippen LogP contribution in [0.15, 0.2) is 65.7 Å². The molecule has 4 N–H and O–H groups in total. The molecule has 0 radical (unpaired) electrons. The molecule has 3 aromatic rings. The lowest BCUT2D eigenvalue weighted by molar-refractivity contribution is 1.02. The number of aryl methyl sites for hydroxylation is 2. The van der Waals surface area contributed by atoms with E-state index >= 15 is 0 Å². The molecule has 0 amide bonds. The van der Waals surface area contributed by atoms with Gasteiger partial charge in [-0.3, -0.25) is 5.32 Å². The Hall–Kier alpha value is -3.52. The maximum absolute atomic E-state index is 5.49. The smallest absolute Gasteiger partial charge is 0.229 e. The van der Waals surface area contributed by atoms with Gasteiger partial charge >= 0.3 is 0 Å². The molecule has 1 aromatic heterocycles. The number of nitrogens with one attached hydrogen (secondary N) is 4. The number of para-hydroxylation sites is 1. The molecule has 1 aliphatic rings. The molecule has 8 heteroatoms. The molecule has 1 aliphatic carbocycles. The predicted molar refractivity (Wildman–Crippen MR) is 131 cm³/mol. The van der Waals surface area contributed by atoms with E-state index in [9.17, 15) is 0 Å². The highest BCUT2D eigenvalue weighted by atomic mass is 32.1. The van der Waals surface area contributed by atoms with Crippen LogP contribution >= 0.6 is 12.2 Å². The van der Waals surface area contributed by atoms with Gasteiger partial charge in [0.05, 0.1) is 6.04 Å². The van der Waals surface area contributed by atoms with E-state index in [1.165, 1.54) is 0 Å². The Morgan fingerprint density at radius 2 is 1.48 bits per heavy atom. The van der Waals surface area contributed by atoms with Crippen molar-refractivity contribution in [3.8, 4) is 0 Å². The zero-order valence-electron chi connectivity index (χ0n) is 17.5. The molecule has 0 aliphatic heterocycles. The van der Waals surface area contributed by atoms with Gasteiger partial charge in [-0.15, -0.1) is 0 Å². The lowest BCUT2D eigenvalue weighted by Crippen LogP contribution is -2.39. The summed E-state index contributed by atoms with van der Waals surface area (Å²) >= 11 is 5.49. The van der Waals surface area contributed by atoms with E-state index < -0.39 is 0 Å². The number of nitrogens with zero attached hydrogens (tertiary/aromatic N) is 3. The van der Waals surface area contributed by atoms with Gasteiger partial charge in [-0.2, -0.15) is 0 Å². The Morgan fingerprint density at radius 1 is 0.871 bits per heavy atom. The highest BCUT2D eigenvalue weighted by Crippen LogP contribution is 2.23. The van der Waals surface area contributed by atoms with Gasteiger partial charge < -0.3 is 16.0 Å². The van der Waals surface area contributed by atoms with Crippen molar-refractivity contribution in [1.29, 1.82) is 0 Å². The molecule has 0 unspecified atom stereocenters. The van der Waals surface area contributed by atoms with Crippen LogP contribution in [0, 0.1) is 13.8 Å². The van der Waals surface area contributed by atoms with E-state index in [4.69, 9.17) is 12.2 Å². The van der Waals surface area contributed by atoms with Gasteiger partial charge in [0.15, 0.2) is 5.11 Å². The highest BCUT2D eigenvalue weighted by molar-refractivity contribution is 7.80. The second-order valence-electron chi connectivity index (χ2n) is 7.46. The number of hydrogen-bond acceptors (Lipinski definition) is 5. The Balaban J connectivity index is 1.37. The zero-order chi connectivity index (χ0) is 21.6. The van der Waals surface area contributed by atoms with E-state index in [1.807, 2.05) is 74.5 Å². The van der Waals surface area contributed by atoms with Crippen molar-refractivity contribution >= 4 is 46.3 Å². The van der Waals surface area contributed by atoms with Crippen molar-refractivity contribution in [2.75, 3.05) is 16.0 Å². The molecule has 0 spiro atoms. The summed E-state index contributed by atoms with van der Waals surface area (Å²) in [4.78, 5) is 13.5. The quantitative estimate of drug-likeness (QED) is 0.263. The Bertz CT molecular complexity index is 1060. The third-order valence-electron chi connectivity index (χ3n) is 4.51. The van der Waals surface area contributed by atoms with Crippen LogP contribution in [0.25, 0.3) is 0 Å². The van der Waals surface area contributed by atoms with Crippen molar-refractivity contribution in [2.24, 2.45) is 4.99 Å². The molecule has 1 heterocycles. The zero-order valence-corrected chi connectivity index (χ0v) is 18.3. The lowest BCUT2D eigenvalue weighted by atomic mass is 10.2. The SMILES string of the molecule is Cc1cc(C)nc(NC(=NC2CC2)NC(=S)Nc2ccc(Nc3ccccc3)cc2)n1. The van der Waals surface area contributed by atoms with Crippen LogP contribution in [0.2, 0.25) is 0 Å². The first kappa shape index (κ1) is 20.7. The number of anilines is 4. The van der Waals surface area contributed by atoms with Crippen molar-refractivity contribution in [3.63, 3.8) is 0 Å². The minimum atomic E-state index is 0.312. The van der Waals surface area contributed by atoms with Gasteiger partial charge in [0.25, 0.3) is 0 Å². The van der Waals surface area contributed by atoms with Gasteiger partial charge in [0.1, 0.15) is 0 Å². The molecule has 2 aromatic carbocycles. The first-order valence-corrected chi connectivity index (χ1v) is 10.6. The van der Waals surface area contributed by atoms with E-state index in [1.54, 1.807) is 0 Å². The van der Waals surface area contributed by atoms with E-state index in [-0.39, 0.29) is 0 Å². The number of benzene rings is 2. The standard InChI is InChI=1S/C23H25N7S/c1-15-14-16(2)25-21(24-15)29-22(27-19-10-11-19)30-23(31)28-20-12-8-18(9-13-20)26-17-6-4-3-5-7-17/h3-9,12-14,19,26H,10-11H2,1-2H3,(H3,24,25,27,28,29,30,31). The molecular formula is C23H25N7S. The summed E-state index contributed by atoms with van der Waals surface area (Å²) in [5.74, 6) is 1.05. The molecule has 7 nitrogen and oxygen atoms in total. The average molecular weight is 432 g/mol. The number of aliphatic imine (C=N–C) groups is 1. The summed E-state index contributed by atoms with van der Waals surface area (Å²) in [5.41, 5.74) is 4.71. The third-order valence-corrected chi connectivity index (χ3v) is 4.71. The van der Waals surface area contributed by atoms with Crippen molar-refractivity contribution < 1.29 is 0 Å². The normalized spacial score (nSPS) is 13.4. The summed E-state index contributed by atoms with van der Waals surface area (Å²) in [6.07, 6.45) is 2.16. The van der Waals surface area contributed by atoms with Gasteiger partial charge in [-0.25, -0.2) is 15.0 Å². The van der Waals surface area contributed by atoms with Gasteiger partial charge in [-0.05, 0) is 81.4 Å². The van der Waals surface area contributed by atoms with Crippen LogP contribution < -0.4 is 21.3 Å². The molecule has 31 heavy (non-hydrogen) atoms. The predicted octanol–water partition coefficient (Wildman–Crippen LogP) is 4.75. The summed E-state index contributed by atoms with van der Waals surface area (Å²) in [6.45, 7) is 3.88. The van der Waals surface area contributed by atoms with E-state index in [2.05, 4.69) is 36.2 Å². The number of aromatic nitrogens is 2.